The SMILES string of the molecule is CC1=C2C3=CC[C@@H]4[C@@]5(C)C[C@@H](O)[C@H](O)[C@H](C)[C@@H]5CC[C@@]4(C)[C@]3(C)CC[C@@]2(C(=O)O)CC[C@H]1C. The fourth-order valence-corrected chi connectivity index (χ4v) is 9.95. The summed E-state index contributed by atoms with van der Waals surface area (Å²) in [5.41, 5.74) is 3.08. The number of aliphatic hydroxyl groups is 2. The van der Waals surface area contributed by atoms with Crippen molar-refractivity contribution in [3.05, 3.63) is 22.8 Å². The van der Waals surface area contributed by atoms with Crippen LogP contribution in [0.3, 0.4) is 0 Å². The summed E-state index contributed by atoms with van der Waals surface area (Å²) in [6.45, 7) is 13.9. The van der Waals surface area contributed by atoms with Gasteiger partial charge in [0.2, 0.25) is 0 Å². The molecule has 0 saturated heterocycles. The Bertz CT molecular complexity index is 934. The van der Waals surface area contributed by atoms with E-state index >= 15 is 0 Å². The van der Waals surface area contributed by atoms with Crippen LogP contribution in [0.2, 0.25) is 0 Å². The first-order valence-electron chi connectivity index (χ1n) is 13.4. The lowest BCUT2D eigenvalue weighted by atomic mass is 9.35. The van der Waals surface area contributed by atoms with Gasteiger partial charge in [-0.3, -0.25) is 4.79 Å². The number of carbonyl (C=O) groups is 1. The van der Waals surface area contributed by atoms with Gasteiger partial charge in [0.15, 0.2) is 0 Å². The van der Waals surface area contributed by atoms with E-state index in [4.69, 9.17) is 0 Å². The summed E-state index contributed by atoms with van der Waals surface area (Å²) in [7, 11) is 0. The van der Waals surface area contributed by atoms with Crippen LogP contribution < -0.4 is 0 Å². The molecule has 184 valence electrons. The zero-order valence-electron chi connectivity index (χ0n) is 21.4. The smallest absolute Gasteiger partial charge is 0.314 e. The quantitative estimate of drug-likeness (QED) is 0.470. The van der Waals surface area contributed by atoms with Crippen molar-refractivity contribution in [1.82, 2.24) is 0 Å². The highest BCUT2D eigenvalue weighted by molar-refractivity contribution is 5.82. The minimum Gasteiger partial charge on any atom is -0.481 e. The van der Waals surface area contributed by atoms with Gasteiger partial charge in [-0.1, -0.05) is 46.3 Å². The third kappa shape index (κ3) is 2.74. The van der Waals surface area contributed by atoms with Crippen LogP contribution in [0.5, 0.6) is 0 Å². The summed E-state index contributed by atoms with van der Waals surface area (Å²) in [5, 5.41) is 31.9. The zero-order valence-corrected chi connectivity index (χ0v) is 21.4. The lowest BCUT2D eigenvalue weighted by molar-refractivity contribution is -0.200. The minimum atomic E-state index is -0.716. The van der Waals surface area contributed by atoms with Gasteiger partial charge < -0.3 is 15.3 Å². The van der Waals surface area contributed by atoms with Gasteiger partial charge in [-0.05, 0) is 109 Å². The summed E-state index contributed by atoms with van der Waals surface area (Å²) in [6.07, 6.45) is 8.32. The number of carboxylic acid groups (broad SMARTS) is 1. The third-order valence-electron chi connectivity index (χ3n) is 12.4. The number of hydrogen-bond acceptors (Lipinski definition) is 3. The van der Waals surface area contributed by atoms with Crippen molar-refractivity contribution in [3.63, 3.8) is 0 Å². The van der Waals surface area contributed by atoms with Crippen molar-refractivity contribution in [2.75, 3.05) is 0 Å². The van der Waals surface area contributed by atoms with Gasteiger partial charge in [-0.25, -0.2) is 0 Å². The predicted octanol–water partition coefficient (Wildman–Crippen LogP) is 5.73. The molecule has 5 rings (SSSR count). The molecule has 3 fully saturated rings. The van der Waals surface area contributed by atoms with E-state index in [0.29, 0.717) is 24.2 Å². The molecule has 0 radical (unpaired) electrons. The number of aliphatic carboxylic acids is 1. The molecular weight excluding hydrogens is 412 g/mol. The number of carboxylic acids is 1. The first kappa shape index (κ1) is 23.6. The molecule has 0 heterocycles. The normalized spacial score (nSPS) is 53.9. The summed E-state index contributed by atoms with van der Waals surface area (Å²) < 4.78 is 0. The molecule has 4 heteroatoms. The minimum absolute atomic E-state index is 0.0132. The lowest BCUT2D eigenvalue weighted by Crippen LogP contribution is -2.64. The fourth-order valence-electron chi connectivity index (χ4n) is 9.95. The van der Waals surface area contributed by atoms with E-state index in [2.05, 4.69) is 47.6 Å². The van der Waals surface area contributed by atoms with E-state index in [9.17, 15) is 20.1 Å². The molecule has 5 aliphatic carbocycles. The third-order valence-corrected chi connectivity index (χ3v) is 12.4. The van der Waals surface area contributed by atoms with Crippen LogP contribution in [-0.4, -0.2) is 33.5 Å². The van der Waals surface area contributed by atoms with Crippen molar-refractivity contribution in [3.8, 4) is 0 Å². The zero-order chi connectivity index (χ0) is 24.1. The molecule has 0 spiro atoms. The number of allylic oxidation sites excluding steroid dienone is 3. The first-order chi connectivity index (χ1) is 15.3. The molecule has 0 aromatic carbocycles. The highest BCUT2D eigenvalue weighted by Crippen LogP contribution is 2.74. The van der Waals surface area contributed by atoms with E-state index in [1.165, 1.54) is 16.7 Å². The van der Waals surface area contributed by atoms with E-state index < -0.39 is 23.6 Å². The van der Waals surface area contributed by atoms with E-state index in [1.807, 2.05) is 0 Å². The van der Waals surface area contributed by atoms with Gasteiger partial charge >= 0.3 is 5.97 Å². The van der Waals surface area contributed by atoms with Crippen molar-refractivity contribution in [1.29, 1.82) is 0 Å². The highest BCUT2D eigenvalue weighted by atomic mass is 16.4. The molecular formula is C29H44O4. The molecule has 0 aromatic rings. The molecule has 33 heavy (non-hydrogen) atoms. The average molecular weight is 457 g/mol. The maximum absolute atomic E-state index is 12.7. The van der Waals surface area contributed by atoms with E-state index in [1.54, 1.807) is 0 Å². The van der Waals surface area contributed by atoms with Gasteiger partial charge in [-0.15, -0.1) is 0 Å². The Balaban J connectivity index is 1.65. The highest BCUT2D eigenvalue weighted by Gasteiger charge is 2.67. The number of hydrogen-bond donors (Lipinski definition) is 3. The standard InChI is InChI=1S/C29H44O4/c1-16-9-12-29(25(32)33)14-13-27(5)20(23(29)17(16)2)7-8-22-26(4)15-21(30)24(31)18(3)19(26)10-11-28(22,27)6/h7,16,18-19,21-22,24,30-31H,8-15H2,1-6H3,(H,32,33)/t16-,18-,19+,21-,22-,24-,26+,27-,28-,29+/m1/s1. The lowest BCUT2D eigenvalue weighted by Gasteiger charge is -2.69. The maximum Gasteiger partial charge on any atom is 0.314 e. The summed E-state index contributed by atoms with van der Waals surface area (Å²) in [5.74, 6) is 0.765. The largest absolute Gasteiger partial charge is 0.481 e. The van der Waals surface area contributed by atoms with Crippen molar-refractivity contribution in [2.45, 2.75) is 105 Å². The van der Waals surface area contributed by atoms with Gasteiger partial charge in [-0.2, -0.15) is 0 Å². The number of aliphatic hydroxyl groups excluding tert-OH is 2. The molecule has 0 aromatic heterocycles. The Morgan fingerprint density at radius 1 is 1.03 bits per heavy atom. The van der Waals surface area contributed by atoms with Crippen LogP contribution in [0.25, 0.3) is 0 Å². The molecule has 3 N–H and O–H groups in total. The molecule has 0 aliphatic heterocycles. The molecule has 3 saturated carbocycles. The summed E-state index contributed by atoms with van der Waals surface area (Å²) in [6, 6.07) is 0. The van der Waals surface area contributed by atoms with Crippen LogP contribution in [0.1, 0.15) is 92.9 Å². The Morgan fingerprint density at radius 2 is 1.73 bits per heavy atom. The number of rotatable bonds is 1. The van der Waals surface area contributed by atoms with Crippen LogP contribution in [0.4, 0.5) is 0 Å². The molecule has 0 bridgehead atoms. The van der Waals surface area contributed by atoms with Crippen LogP contribution >= 0.6 is 0 Å². The maximum atomic E-state index is 12.7. The second-order valence-electron chi connectivity index (χ2n) is 13.3. The van der Waals surface area contributed by atoms with Crippen LogP contribution in [-0.2, 0) is 4.79 Å². The Hall–Kier alpha value is -1.13. The Kier molecular flexibility index (Phi) is 5.15. The molecule has 10 atom stereocenters. The average Bonchev–Trinajstić information content (AvgIpc) is 2.75. The topological polar surface area (TPSA) is 77.8 Å². The monoisotopic (exact) mass is 456 g/mol. The molecule has 4 nitrogen and oxygen atoms in total. The Labute approximate surface area is 199 Å². The molecule has 0 amide bonds. The summed E-state index contributed by atoms with van der Waals surface area (Å²) in [4.78, 5) is 12.7. The second kappa shape index (κ2) is 7.20. The van der Waals surface area contributed by atoms with Crippen LogP contribution in [0, 0.1) is 45.3 Å². The van der Waals surface area contributed by atoms with Crippen LogP contribution in [0.15, 0.2) is 22.8 Å². The fraction of sp³-hybridized carbons (Fsp3) is 0.828. The molecule has 5 aliphatic rings. The van der Waals surface area contributed by atoms with Gasteiger partial charge in [0.1, 0.15) is 0 Å². The van der Waals surface area contributed by atoms with Gasteiger partial charge in [0.25, 0.3) is 0 Å². The van der Waals surface area contributed by atoms with E-state index in [-0.39, 0.29) is 22.2 Å². The van der Waals surface area contributed by atoms with Crippen molar-refractivity contribution >= 4 is 5.97 Å². The van der Waals surface area contributed by atoms with Crippen molar-refractivity contribution in [2.24, 2.45) is 45.3 Å². The van der Waals surface area contributed by atoms with Gasteiger partial charge in [0.05, 0.1) is 17.6 Å². The predicted molar refractivity (Wildman–Crippen MR) is 129 cm³/mol. The van der Waals surface area contributed by atoms with E-state index in [0.717, 1.165) is 44.9 Å². The second-order valence-corrected chi connectivity index (χ2v) is 13.3. The number of fused-ring (bicyclic) bond motifs is 7. The Morgan fingerprint density at radius 3 is 2.39 bits per heavy atom. The van der Waals surface area contributed by atoms with Gasteiger partial charge in [0, 0.05) is 0 Å². The first-order valence-corrected chi connectivity index (χ1v) is 13.4. The molecule has 0 unspecified atom stereocenters. The summed E-state index contributed by atoms with van der Waals surface area (Å²) >= 11 is 0. The van der Waals surface area contributed by atoms with Crippen molar-refractivity contribution < 1.29 is 20.1 Å².